The Morgan fingerprint density at radius 2 is 1.04 bits per heavy atom. The van der Waals surface area contributed by atoms with Crippen molar-refractivity contribution in [2.24, 2.45) is 0 Å². The Balaban J connectivity index is 3.13. The first-order valence-electron chi connectivity index (χ1n) is 8.03. The summed E-state index contributed by atoms with van der Waals surface area (Å²) in [7, 11) is 0. The summed E-state index contributed by atoms with van der Waals surface area (Å²) in [4.78, 5) is 36.3. The fourth-order valence-corrected chi connectivity index (χ4v) is 1.96. The van der Waals surface area contributed by atoms with Crippen LogP contribution in [0, 0.1) is 0 Å². The van der Waals surface area contributed by atoms with Crippen molar-refractivity contribution in [3.8, 4) is 0 Å². The van der Waals surface area contributed by atoms with Gasteiger partial charge in [0, 0.05) is 36.3 Å². The minimum absolute atomic E-state index is 0.289. The molecule has 6 heteroatoms. The van der Waals surface area contributed by atoms with Crippen LogP contribution in [0.1, 0.15) is 64.7 Å². The van der Waals surface area contributed by atoms with Crippen molar-refractivity contribution >= 4 is 17.7 Å². The Labute approximate surface area is 137 Å². The van der Waals surface area contributed by atoms with Crippen LogP contribution in [0.2, 0.25) is 0 Å². The number of benzene rings is 1. The third-order valence-corrected chi connectivity index (χ3v) is 3.13. The van der Waals surface area contributed by atoms with Crippen molar-refractivity contribution in [3.63, 3.8) is 0 Å². The molecule has 0 aliphatic heterocycles. The van der Waals surface area contributed by atoms with Crippen LogP contribution in [-0.4, -0.2) is 37.4 Å². The van der Waals surface area contributed by atoms with E-state index in [0.29, 0.717) is 36.3 Å². The van der Waals surface area contributed by atoms with Gasteiger partial charge >= 0.3 is 0 Å². The van der Waals surface area contributed by atoms with Crippen molar-refractivity contribution in [1.82, 2.24) is 16.0 Å². The SMILES string of the molecule is CCCNC(=O)c1cc(C(=O)NCC)cc(C(=O)NCCC)c1. The molecule has 1 aromatic rings. The second kappa shape index (κ2) is 9.61. The van der Waals surface area contributed by atoms with Gasteiger partial charge in [-0.3, -0.25) is 14.4 Å². The molecule has 0 fully saturated rings. The van der Waals surface area contributed by atoms with E-state index in [1.54, 1.807) is 0 Å². The number of amides is 3. The van der Waals surface area contributed by atoms with Gasteiger partial charge in [0.1, 0.15) is 0 Å². The van der Waals surface area contributed by atoms with Gasteiger partial charge in [-0.1, -0.05) is 13.8 Å². The summed E-state index contributed by atoms with van der Waals surface area (Å²) < 4.78 is 0. The highest BCUT2D eigenvalue weighted by Crippen LogP contribution is 2.11. The van der Waals surface area contributed by atoms with E-state index in [0.717, 1.165) is 12.8 Å². The molecule has 0 bridgehead atoms. The van der Waals surface area contributed by atoms with Crippen LogP contribution in [0.25, 0.3) is 0 Å². The zero-order valence-electron chi connectivity index (χ0n) is 14.0. The van der Waals surface area contributed by atoms with E-state index in [2.05, 4.69) is 16.0 Å². The summed E-state index contributed by atoms with van der Waals surface area (Å²) >= 11 is 0. The number of hydrogen-bond donors (Lipinski definition) is 3. The summed E-state index contributed by atoms with van der Waals surface area (Å²) in [5.41, 5.74) is 0.922. The maximum Gasteiger partial charge on any atom is 0.251 e. The van der Waals surface area contributed by atoms with Gasteiger partial charge in [-0.05, 0) is 38.0 Å². The van der Waals surface area contributed by atoms with E-state index in [4.69, 9.17) is 0 Å². The Kier molecular flexibility index (Phi) is 7.80. The van der Waals surface area contributed by atoms with Gasteiger partial charge in [-0.25, -0.2) is 0 Å². The van der Waals surface area contributed by atoms with Gasteiger partial charge in [0.25, 0.3) is 17.7 Å². The number of rotatable bonds is 8. The van der Waals surface area contributed by atoms with E-state index in [1.807, 2.05) is 20.8 Å². The first-order valence-corrected chi connectivity index (χ1v) is 8.03. The average molecular weight is 319 g/mol. The number of hydrogen-bond acceptors (Lipinski definition) is 3. The fraction of sp³-hybridized carbons (Fsp3) is 0.471. The zero-order chi connectivity index (χ0) is 17.2. The Bertz CT molecular complexity index is 532. The van der Waals surface area contributed by atoms with Gasteiger partial charge < -0.3 is 16.0 Å². The van der Waals surface area contributed by atoms with Crippen LogP contribution in [0.3, 0.4) is 0 Å². The van der Waals surface area contributed by atoms with Crippen molar-refractivity contribution in [1.29, 1.82) is 0 Å². The Morgan fingerprint density at radius 3 is 1.35 bits per heavy atom. The molecular weight excluding hydrogens is 294 g/mol. The molecule has 0 aromatic heterocycles. The lowest BCUT2D eigenvalue weighted by Gasteiger charge is -2.10. The molecule has 0 heterocycles. The summed E-state index contributed by atoms with van der Waals surface area (Å²) in [6.45, 7) is 7.28. The zero-order valence-corrected chi connectivity index (χ0v) is 14.0. The molecule has 126 valence electrons. The van der Waals surface area contributed by atoms with E-state index >= 15 is 0 Å². The molecule has 1 aromatic carbocycles. The van der Waals surface area contributed by atoms with Gasteiger partial charge in [0.15, 0.2) is 0 Å². The summed E-state index contributed by atoms with van der Waals surface area (Å²) in [5.74, 6) is -0.882. The van der Waals surface area contributed by atoms with Gasteiger partial charge in [-0.2, -0.15) is 0 Å². The molecule has 0 aliphatic carbocycles. The second-order valence-electron chi connectivity index (χ2n) is 5.17. The first kappa shape index (κ1) is 18.7. The monoisotopic (exact) mass is 319 g/mol. The molecule has 0 radical (unpaired) electrons. The maximum absolute atomic E-state index is 12.2. The largest absolute Gasteiger partial charge is 0.352 e. The highest BCUT2D eigenvalue weighted by atomic mass is 16.2. The number of carbonyl (C=O) groups excluding carboxylic acids is 3. The molecule has 3 amide bonds. The minimum atomic E-state index is -0.304. The number of nitrogens with one attached hydrogen (secondary N) is 3. The van der Waals surface area contributed by atoms with E-state index in [-0.39, 0.29) is 17.7 Å². The Morgan fingerprint density at radius 1 is 0.696 bits per heavy atom. The van der Waals surface area contributed by atoms with Crippen LogP contribution >= 0.6 is 0 Å². The lowest BCUT2D eigenvalue weighted by atomic mass is 10.0. The standard InChI is InChI=1S/C17H25N3O3/c1-4-7-19-16(22)13-9-12(15(21)18-6-3)10-14(11-13)17(23)20-8-5-2/h9-11H,4-8H2,1-3H3,(H,18,21)(H,19,22)(H,20,23). The highest BCUT2D eigenvalue weighted by molar-refractivity contribution is 6.04. The minimum Gasteiger partial charge on any atom is -0.352 e. The molecule has 0 unspecified atom stereocenters. The molecule has 0 aliphatic rings. The second-order valence-corrected chi connectivity index (χ2v) is 5.17. The van der Waals surface area contributed by atoms with E-state index in [1.165, 1.54) is 18.2 Å². The van der Waals surface area contributed by atoms with Crippen molar-refractivity contribution in [2.75, 3.05) is 19.6 Å². The lowest BCUT2D eigenvalue weighted by Crippen LogP contribution is -2.28. The van der Waals surface area contributed by atoms with Crippen molar-refractivity contribution in [3.05, 3.63) is 34.9 Å². The van der Waals surface area contributed by atoms with Gasteiger partial charge in [0.2, 0.25) is 0 Å². The van der Waals surface area contributed by atoms with Gasteiger partial charge in [-0.15, -0.1) is 0 Å². The fourth-order valence-electron chi connectivity index (χ4n) is 1.96. The van der Waals surface area contributed by atoms with Gasteiger partial charge in [0.05, 0.1) is 0 Å². The highest BCUT2D eigenvalue weighted by Gasteiger charge is 2.15. The molecule has 0 spiro atoms. The van der Waals surface area contributed by atoms with Crippen LogP contribution < -0.4 is 16.0 Å². The Hall–Kier alpha value is -2.37. The number of carbonyl (C=O) groups is 3. The third kappa shape index (κ3) is 5.73. The molecule has 3 N–H and O–H groups in total. The maximum atomic E-state index is 12.2. The molecular formula is C17H25N3O3. The normalized spacial score (nSPS) is 10.0. The van der Waals surface area contributed by atoms with E-state index < -0.39 is 0 Å². The predicted molar refractivity (Wildman–Crippen MR) is 89.7 cm³/mol. The van der Waals surface area contributed by atoms with Crippen LogP contribution in [0.15, 0.2) is 18.2 Å². The van der Waals surface area contributed by atoms with Crippen LogP contribution in [0.4, 0.5) is 0 Å². The molecule has 6 nitrogen and oxygen atoms in total. The molecule has 0 atom stereocenters. The molecule has 0 saturated carbocycles. The van der Waals surface area contributed by atoms with Crippen LogP contribution in [-0.2, 0) is 0 Å². The van der Waals surface area contributed by atoms with E-state index in [9.17, 15) is 14.4 Å². The van der Waals surface area contributed by atoms with Crippen molar-refractivity contribution < 1.29 is 14.4 Å². The molecule has 1 rings (SSSR count). The third-order valence-electron chi connectivity index (χ3n) is 3.13. The summed E-state index contributed by atoms with van der Waals surface area (Å²) in [6, 6.07) is 4.53. The van der Waals surface area contributed by atoms with Crippen LogP contribution in [0.5, 0.6) is 0 Å². The smallest absolute Gasteiger partial charge is 0.251 e. The topological polar surface area (TPSA) is 87.3 Å². The van der Waals surface area contributed by atoms with Crippen molar-refractivity contribution in [2.45, 2.75) is 33.6 Å². The predicted octanol–water partition coefficient (Wildman–Crippen LogP) is 1.72. The quantitative estimate of drug-likeness (QED) is 0.682. The first-order chi connectivity index (χ1) is 11.0. The molecule has 23 heavy (non-hydrogen) atoms. The lowest BCUT2D eigenvalue weighted by molar-refractivity contribution is 0.0953. The molecule has 0 saturated heterocycles. The average Bonchev–Trinajstić information content (AvgIpc) is 2.57. The summed E-state index contributed by atoms with van der Waals surface area (Å²) in [6.07, 6.45) is 1.62. The summed E-state index contributed by atoms with van der Waals surface area (Å²) in [5, 5.41) is 8.19.